The number of likely N-dealkylation sites (N-methyl/N-ethyl adjacent to an activating group) is 1. The minimum Gasteiger partial charge on any atom is -0.319 e. The van der Waals surface area contributed by atoms with E-state index in [0.717, 1.165) is 28.6 Å². The number of rotatable bonds is 3. The Morgan fingerprint density at radius 3 is 2.93 bits per heavy atom. The van der Waals surface area contributed by atoms with Crippen molar-refractivity contribution in [2.45, 2.75) is 6.42 Å². The maximum atomic E-state index is 4.63. The standard InChI is InChI=1S/C12H13BrN2/c1-14-8-7-10-6-5-9-3-2-4-11(13)12(9)15-10/h2-6,14H,7-8H2,1H3. The Hall–Kier alpha value is -0.930. The fraction of sp³-hybridized carbons (Fsp3) is 0.250. The van der Waals surface area contributed by atoms with Gasteiger partial charge in [-0.1, -0.05) is 18.2 Å². The van der Waals surface area contributed by atoms with E-state index < -0.39 is 0 Å². The van der Waals surface area contributed by atoms with Crippen molar-refractivity contribution in [1.29, 1.82) is 0 Å². The van der Waals surface area contributed by atoms with Crippen molar-refractivity contribution in [2.24, 2.45) is 0 Å². The van der Waals surface area contributed by atoms with Crippen LogP contribution in [0.2, 0.25) is 0 Å². The molecule has 3 heteroatoms. The molecule has 0 amide bonds. The van der Waals surface area contributed by atoms with Crippen molar-refractivity contribution in [3.8, 4) is 0 Å². The van der Waals surface area contributed by atoms with Crippen LogP contribution in [0, 0.1) is 0 Å². The van der Waals surface area contributed by atoms with Gasteiger partial charge < -0.3 is 5.32 Å². The number of aromatic nitrogens is 1. The molecule has 0 saturated carbocycles. The Balaban J connectivity index is 2.41. The number of benzene rings is 1. The van der Waals surface area contributed by atoms with Gasteiger partial charge in [-0.2, -0.15) is 0 Å². The molecule has 0 bridgehead atoms. The summed E-state index contributed by atoms with van der Waals surface area (Å²) in [4.78, 5) is 4.63. The molecule has 1 N–H and O–H groups in total. The highest BCUT2D eigenvalue weighted by molar-refractivity contribution is 9.10. The first-order chi connectivity index (χ1) is 7.31. The molecule has 78 valence electrons. The zero-order valence-corrected chi connectivity index (χ0v) is 10.2. The number of halogens is 1. The lowest BCUT2D eigenvalue weighted by molar-refractivity contribution is 0.779. The molecule has 0 aliphatic carbocycles. The molecule has 2 aromatic rings. The van der Waals surface area contributed by atoms with Crippen molar-refractivity contribution in [3.05, 3.63) is 40.5 Å². The Morgan fingerprint density at radius 1 is 1.27 bits per heavy atom. The predicted octanol–water partition coefficient (Wildman–Crippen LogP) is 2.76. The van der Waals surface area contributed by atoms with Gasteiger partial charge in [-0.3, -0.25) is 4.98 Å². The van der Waals surface area contributed by atoms with E-state index >= 15 is 0 Å². The number of fused-ring (bicyclic) bond motifs is 1. The highest BCUT2D eigenvalue weighted by atomic mass is 79.9. The summed E-state index contributed by atoms with van der Waals surface area (Å²) in [6.45, 7) is 0.961. The summed E-state index contributed by atoms with van der Waals surface area (Å²) < 4.78 is 1.06. The van der Waals surface area contributed by atoms with E-state index in [9.17, 15) is 0 Å². The highest BCUT2D eigenvalue weighted by Crippen LogP contribution is 2.21. The van der Waals surface area contributed by atoms with Crippen molar-refractivity contribution < 1.29 is 0 Å². The quantitative estimate of drug-likeness (QED) is 0.923. The third-order valence-electron chi connectivity index (χ3n) is 2.36. The zero-order chi connectivity index (χ0) is 10.7. The third-order valence-corrected chi connectivity index (χ3v) is 3.00. The maximum absolute atomic E-state index is 4.63. The molecule has 0 unspecified atom stereocenters. The van der Waals surface area contributed by atoms with Crippen LogP contribution in [0.3, 0.4) is 0 Å². The molecule has 0 spiro atoms. The number of nitrogens with one attached hydrogen (secondary N) is 1. The molecular weight excluding hydrogens is 252 g/mol. The molecule has 0 fully saturated rings. The first kappa shape index (κ1) is 10.6. The fourth-order valence-corrected chi connectivity index (χ4v) is 2.01. The van der Waals surface area contributed by atoms with Crippen molar-refractivity contribution in [2.75, 3.05) is 13.6 Å². The molecule has 1 heterocycles. The first-order valence-electron chi connectivity index (χ1n) is 5.00. The normalized spacial score (nSPS) is 10.8. The van der Waals surface area contributed by atoms with Crippen LogP contribution in [0.5, 0.6) is 0 Å². The summed E-state index contributed by atoms with van der Waals surface area (Å²) in [6.07, 6.45) is 0.966. The Morgan fingerprint density at radius 2 is 2.13 bits per heavy atom. The van der Waals surface area contributed by atoms with Gasteiger partial charge in [-0.15, -0.1) is 0 Å². The first-order valence-corrected chi connectivity index (χ1v) is 5.79. The highest BCUT2D eigenvalue weighted by Gasteiger charge is 2.01. The predicted molar refractivity (Wildman–Crippen MR) is 67.1 cm³/mol. The summed E-state index contributed by atoms with van der Waals surface area (Å²) in [5, 5.41) is 4.31. The smallest absolute Gasteiger partial charge is 0.0847 e. The molecule has 1 aromatic heterocycles. The van der Waals surface area contributed by atoms with E-state index in [1.54, 1.807) is 0 Å². The third kappa shape index (κ3) is 2.36. The maximum Gasteiger partial charge on any atom is 0.0847 e. The van der Waals surface area contributed by atoms with E-state index in [4.69, 9.17) is 0 Å². The van der Waals surface area contributed by atoms with Gasteiger partial charge in [0.25, 0.3) is 0 Å². The molecule has 0 atom stereocenters. The van der Waals surface area contributed by atoms with E-state index in [-0.39, 0.29) is 0 Å². The molecule has 0 radical (unpaired) electrons. The van der Waals surface area contributed by atoms with Crippen molar-refractivity contribution in [1.82, 2.24) is 10.3 Å². The Bertz CT molecular complexity index is 468. The molecule has 1 aromatic carbocycles. The summed E-state index contributed by atoms with van der Waals surface area (Å²) in [6, 6.07) is 10.3. The molecule has 2 nitrogen and oxygen atoms in total. The second kappa shape index (κ2) is 4.73. The average molecular weight is 265 g/mol. The molecule has 0 aliphatic heterocycles. The number of hydrogen-bond donors (Lipinski definition) is 1. The fourth-order valence-electron chi connectivity index (χ4n) is 1.54. The van der Waals surface area contributed by atoms with Crippen LogP contribution < -0.4 is 5.32 Å². The molecule has 0 aliphatic rings. The van der Waals surface area contributed by atoms with Crippen LogP contribution in [-0.2, 0) is 6.42 Å². The summed E-state index contributed by atoms with van der Waals surface area (Å²) in [5.74, 6) is 0. The van der Waals surface area contributed by atoms with Crippen LogP contribution in [0.25, 0.3) is 10.9 Å². The van der Waals surface area contributed by atoms with Gasteiger partial charge in [0.1, 0.15) is 0 Å². The second-order valence-corrected chi connectivity index (χ2v) is 4.32. The zero-order valence-electron chi connectivity index (χ0n) is 8.63. The molecule has 0 saturated heterocycles. The van der Waals surface area contributed by atoms with Crippen molar-refractivity contribution in [3.63, 3.8) is 0 Å². The van der Waals surface area contributed by atoms with Gasteiger partial charge in [-0.25, -0.2) is 0 Å². The number of pyridine rings is 1. The molecular formula is C12H13BrN2. The molecule has 2 rings (SSSR count). The second-order valence-electron chi connectivity index (χ2n) is 3.47. The number of nitrogens with zero attached hydrogens (tertiary/aromatic N) is 1. The summed E-state index contributed by atoms with van der Waals surface area (Å²) in [7, 11) is 1.96. The Kier molecular flexibility index (Phi) is 3.34. The van der Waals surface area contributed by atoms with Crippen LogP contribution in [0.4, 0.5) is 0 Å². The summed E-state index contributed by atoms with van der Waals surface area (Å²) in [5.41, 5.74) is 2.18. The van der Waals surface area contributed by atoms with Crippen molar-refractivity contribution >= 4 is 26.8 Å². The number of para-hydroxylation sites is 1. The van der Waals surface area contributed by atoms with E-state index in [2.05, 4.69) is 44.4 Å². The largest absolute Gasteiger partial charge is 0.319 e. The monoisotopic (exact) mass is 264 g/mol. The lowest BCUT2D eigenvalue weighted by atomic mass is 10.2. The number of hydrogen-bond acceptors (Lipinski definition) is 2. The molecule has 15 heavy (non-hydrogen) atoms. The van der Waals surface area contributed by atoms with Crippen LogP contribution in [-0.4, -0.2) is 18.6 Å². The van der Waals surface area contributed by atoms with Gasteiger partial charge in [-0.05, 0) is 35.1 Å². The summed E-state index contributed by atoms with van der Waals surface area (Å²) >= 11 is 3.52. The minimum atomic E-state index is 0.961. The van der Waals surface area contributed by atoms with E-state index in [1.165, 1.54) is 5.39 Å². The van der Waals surface area contributed by atoms with Gasteiger partial charge in [0.2, 0.25) is 0 Å². The van der Waals surface area contributed by atoms with Gasteiger partial charge >= 0.3 is 0 Å². The van der Waals surface area contributed by atoms with Gasteiger partial charge in [0.05, 0.1) is 5.52 Å². The average Bonchev–Trinajstić information content (AvgIpc) is 2.27. The lowest BCUT2D eigenvalue weighted by Crippen LogP contribution is -2.11. The van der Waals surface area contributed by atoms with Gasteiger partial charge in [0.15, 0.2) is 0 Å². The SMILES string of the molecule is CNCCc1ccc2cccc(Br)c2n1. The van der Waals surface area contributed by atoms with Crippen LogP contribution >= 0.6 is 15.9 Å². The van der Waals surface area contributed by atoms with Gasteiger partial charge in [0, 0.05) is 28.5 Å². The van der Waals surface area contributed by atoms with Crippen LogP contribution in [0.1, 0.15) is 5.69 Å². The minimum absolute atomic E-state index is 0.961. The van der Waals surface area contributed by atoms with E-state index in [1.807, 2.05) is 19.2 Å². The topological polar surface area (TPSA) is 24.9 Å². The van der Waals surface area contributed by atoms with E-state index in [0.29, 0.717) is 0 Å². The lowest BCUT2D eigenvalue weighted by Gasteiger charge is -2.03. The Labute approximate surface area is 97.8 Å². The van der Waals surface area contributed by atoms with Crippen LogP contribution in [0.15, 0.2) is 34.8 Å².